The number of rotatable bonds is 10. The highest BCUT2D eigenvalue weighted by atomic mass is 35.5. The first kappa shape index (κ1) is 27.3. The summed E-state index contributed by atoms with van der Waals surface area (Å²) in [6.45, 7) is 6.57. The summed E-state index contributed by atoms with van der Waals surface area (Å²) in [5, 5.41) is 12.5. The fraction of sp³-hybridized carbons (Fsp3) is 0.323. The molecule has 5 rings (SSSR count). The quantitative estimate of drug-likeness (QED) is 0.340. The van der Waals surface area contributed by atoms with Crippen molar-refractivity contribution >= 4 is 45.8 Å². The summed E-state index contributed by atoms with van der Waals surface area (Å²) in [5.74, 6) is 0.496. The maximum Gasteiger partial charge on any atom is 0.276 e. The normalized spacial score (nSPS) is 16.1. The maximum atomic E-state index is 13.4. The second kappa shape index (κ2) is 12.7. The van der Waals surface area contributed by atoms with Crippen molar-refractivity contribution in [3.63, 3.8) is 0 Å². The zero-order chi connectivity index (χ0) is 27.2. The van der Waals surface area contributed by atoms with Crippen LogP contribution < -0.4 is 20.8 Å². The molecule has 1 amide bonds. The average Bonchev–Trinajstić information content (AvgIpc) is 2.96. The van der Waals surface area contributed by atoms with E-state index in [1.54, 1.807) is 5.01 Å². The number of nitrogens with one attached hydrogen (secondary N) is 1. The average molecular weight is 560 g/mol. The molecule has 6 nitrogen and oxygen atoms in total. The molecule has 39 heavy (non-hydrogen) atoms. The van der Waals surface area contributed by atoms with Gasteiger partial charge in [0.25, 0.3) is 5.91 Å². The van der Waals surface area contributed by atoms with E-state index in [0.29, 0.717) is 21.6 Å². The monoisotopic (exact) mass is 559 g/mol. The molecule has 0 unspecified atom stereocenters. The Morgan fingerprint density at radius 3 is 2.33 bits per heavy atom. The van der Waals surface area contributed by atoms with Gasteiger partial charge in [-0.15, -0.1) is 5.10 Å². The lowest BCUT2D eigenvalue weighted by Gasteiger charge is -2.34. The van der Waals surface area contributed by atoms with Crippen LogP contribution >= 0.6 is 23.4 Å². The molecule has 0 aliphatic carbocycles. The van der Waals surface area contributed by atoms with Gasteiger partial charge in [0, 0.05) is 34.8 Å². The van der Waals surface area contributed by atoms with Crippen molar-refractivity contribution in [2.75, 3.05) is 18.0 Å². The summed E-state index contributed by atoms with van der Waals surface area (Å²) in [7, 11) is 0. The van der Waals surface area contributed by atoms with Crippen LogP contribution in [0, 0.1) is 0 Å². The largest absolute Gasteiger partial charge is 0.372 e. The lowest BCUT2D eigenvalue weighted by atomic mass is 10.1. The van der Waals surface area contributed by atoms with Crippen LogP contribution in [0.1, 0.15) is 56.8 Å². The van der Waals surface area contributed by atoms with Crippen molar-refractivity contribution in [2.24, 2.45) is 10.1 Å². The molecular weight excluding hydrogens is 526 g/mol. The lowest BCUT2D eigenvalue weighted by molar-refractivity contribution is -0.116. The summed E-state index contributed by atoms with van der Waals surface area (Å²) in [5.41, 5.74) is 3.85. The highest BCUT2D eigenvalue weighted by Gasteiger charge is 2.34. The first-order valence-electron chi connectivity index (χ1n) is 13.7. The molecule has 1 N–H and O–H groups in total. The lowest BCUT2D eigenvalue weighted by Crippen LogP contribution is -2.50. The Morgan fingerprint density at radius 1 is 0.949 bits per heavy atom. The number of nitrogens with zero attached hydrogens (tertiary/aromatic N) is 4. The highest BCUT2D eigenvalue weighted by molar-refractivity contribution is 8.13. The third-order valence-corrected chi connectivity index (χ3v) is 8.11. The van der Waals surface area contributed by atoms with Crippen LogP contribution in [0.2, 0.25) is 5.02 Å². The van der Waals surface area contributed by atoms with E-state index in [9.17, 15) is 4.79 Å². The summed E-state index contributed by atoms with van der Waals surface area (Å²) >= 11 is 7.52. The number of hydrogen-bond donors (Lipinski definition) is 1. The van der Waals surface area contributed by atoms with Crippen molar-refractivity contribution in [1.29, 1.82) is 0 Å². The molecule has 0 aromatic heterocycles. The van der Waals surface area contributed by atoms with E-state index < -0.39 is 6.17 Å². The molecule has 0 bridgehead atoms. The van der Waals surface area contributed by atoms with Crippen LogP contribution in [0.15, 0.2) is 82.9 Å². The van der Waals surface area contributed by atoms with Crippen LogP contribution in [0.5, 0.6) is 0 Å². The van der Waals surface area contributed by atoms with E-state index in [0.717, 1.165) is 34.8 Å². The molecule has 0 fully saturated rings. The molecule has 3 aromatic rings. The molecule has 0 saturated carbocycles. The highest BCUT2D eigenvalue weighted by Crippen LogP contribution is 2.32. The fourth-order valence-corrected chi connectivity index (χ4v) is 5.70. The minimum atomic E-state index is -0.430. The fourth-order valence-electron chi connectivity index (χ4n) is 4.77. The molecule has 1 atom stereocenters. The Hall–Kier alpha value is -3.29. The Labute approximate surface area is 239 Å². The number of para-hydroxylation sites is 1. The number of amidine groups is 1. The van der Waals surface area contributed by atoms with E-state index in [1.165, 1.54) is 43.1 Å². The van der Waals surface area contributed by atoms with Crippen LogP contribution in [-0.2, 0) is 10.5 Å². The van der Waals surface area contributed by atoms with Gasteiger partial charge < -0.3 is 4.90 Å². The summed E-state index contributed by atoms with van der Waals surface area (Å²) in [4.78, 5) is 21.0. The third kappa shape index (κ3) is 6.31. The summed E-state index contributed by atoms with van der Waals surface area (Å²) in [6.07, 6.45) is 4.26. The van der Waals surface area contributed by atoms with Gasteiger partial charge in [-0.2, -0.15) is 0 Å². The zero-order valence-electron chi connectivity index (χ0n) is 22.4. The van der Waals surface area contributed by atoms with Crippen LogP contribution in [-0.4, -0.2) is 29.2 Å². The van der Waals surface area contributed by atoms with Gasteiger partial charge in [-0.05, 0) is 54.3 Å². The van der Waals surface area contributed by atoms with Crippen LogP contribution in [0.3, 0.4) is 0 Å². The number of fused-ring (bicyclic) bond motifs is 2. The van der Waals surface area contributed by atoms with Gasteiger partial charge in [-0.25, -0.2) is 5.01 Å². The molecule has 8 heteroatoms. The molecule has 2 heterocycles. The van der Waals surface area contributed by atoms with Crippen molar-refractivity contribution in [3.05, 3.63) is 99.5 Å². The molecule has 0 spiro atoms. The maximum absolute atomic E-state index is 13.4. The number of anilines is 1. The molecule has 3 aromatic carbocycles. The van der Waals surface area contributed by atoms with E-state index in [1.807, 2.05) is 48.5 Å². The molecule has 2 aliphatic rings. The van der Waals surface area contributed by atoms with E-state index in [4.69, 9.17) is 21.7 Å². The third-order valence-electron chi connectivity index (χ3n) is 6.92. The number of amides is 1. The van der Waals surface area contributed by atoms with Gasteiger partial charge in [0.05, 0.1) is 5.36 Å². The van der Waals surface area contributed by atoms with Crippen molar-refractivity contribution in [3.8, 4) is 0 Å². The van der Waals surface area contributed by atoms with E-state index in [-0.39, 0.29) is 5.91 Å². The first-order valence-corrected chi connectivity index (χ1v) is 15.0. The first-order chi connectivity index (χ1) is 19.1. The van der Waals surface area contributed by atoms with Crippen LogP contribution in [0.4, 0.5) is 5.69 Å². The molecule has 202 valence electrons. The van der Waals surface area contributed by atoms with Crippen molar-refractivity contribution in [1.82, 2.24) is 10.3 Å². The van der Waals surface area contributed by atoms with Gasteiger partial charge in [-0.3, -0.25) is 15.1 Å². The number of benzene rings is 3. The number of carbonyl (C=O) groups is 1. The molecular formula is C31H34ClN5OS. The Bertz CT molecular complexity index is 1450. The Morgan fingerprint density at radius 2 is 1.64 bits per heavy atom. The number of carbonyl (C=O) groups excluding carboxylic acids is 1. The zero-order valence-corrected chi connectivity index (χ0v) is 24.0. The molecule has 0 radical (unpaired) electrons. The number of hydrazone groups is 1. The van der Waals surface area contributed by atoms with Crippen molar-refractivity contribution in [2.45, 2.75) is 51.4 Å². The number of unbranched alkanes of at least 4 members (excludes halogenated alkanes) is 2. The minimum absolute atomic E-state index is 0.169. The van der Waals surface area contributed by atoms with E-state index >= 15 is 0 Å². The standard InChI is InChI=1S/C31H34ClN5OS/c1-3-5-19-36(20-6-4-2)25-17-13-23(14-18-25)29-33-27-10-8-7-9-26(27)28-30(38)34-31(35-37(28)29)39-21-22-11-15-24(32)16-12-22/h7-18,29H,3-6,19-21H2,1-2H3,(H,34,35,38)/t29-/m1/s1. The summed E-state index contributed by atoms with van der Waals surface area (Å²) < 4.78 is 0. The van der Waals surface area contributed by atoms with Gasteiger partial charge in [0.15, 0.2) is 11.3 Å². The van der Waals surface area contributed by atoms with Crippen LogP contribution in [0.25, 0.3) is 5.70 Å². The number of halogens is 1. The van der Waals surface area contributed by atoms with Gasteiger partial charge in [0.1, 0.15) is 5.70 Å². The summed E-state index contributed by atoms with van der Waals surface area (Å²) in [6, 6.07) is 24.1. The van der Waals surface area contributed by atoms with Crippen molar-refractivity contribution < 1.29 is 4.79 Å². The molecule has 0 saturated heterocycles. The minimum Gasteiger partial charge on any atom is -0.372 e. The SMILES string of the molecule is CCCCN(CCCC)c1ccc([C@@H]2N=c3ccccc3=C3C(=O)NC(SCc4ccc(Cl)cc4)=NN32)cc1. The predicted molar refractivity (Wildman–Crippen MR) is 162 cm³/mol. The second-order valence-electron chi connectivity index (χ2n) is 9.77. The number of hydrogen-bond acceptors (Lipinski definition) is 6. The second-order valence-corrected chi connectivity index (χ2v) is 11.2. The van der Waals surface area contributed by atoms with Gasteiger partial charge in [0.2, 0.25) is 0 Å². The Balaban J connectivity index is 1.46. The molecule has 2 aliphatic heterocycles. The predicted octanol–water partition coefficient (Wildman–Crippen LogP) is 5.82. The Kier molecular flexibility index (Phi) is 8.89. The number of thioether (sulfide) groups is 1. The topological polar surface area (TPSA) is 60.3 Å². The van der Waals surface area contributed by atoms with E-state index in [2.05, 4.69) is 48.3 Å². The van der Waals surface area contributed by atoms with Gasteiger partial charge in [-0.1, -0.05) is 92.5 Å². The van der Waals surface area contributed by atoms with Gasteiger partial charge >= 0.3 is 0 Å². The smallest absolute Gasteiger partial charge is 0.276 e.